The van der Waals surface area contributed by atoms with Crippen LogP contribution in [0.15, 0.2) is 42.5 Å². The zero-order chi connectivity index (χ0) is 18.9. The number of hydrogen-bond donors (Lipinski definition) is 2. The minimum absolute atomic E-state index is 0.324. The van der Waals surface area contributed by atoms with Gasteiger partial charge in [-0.15, -0.1) is 0 Å². The van der Waals surface area contributed by atoms with Crippen molar-refractivity contribution in [2.24, 2.45) is 0 Å². The Morgan fingerprint density at radius 1 is 1.00 bits per heavy atom. The predicted molar refractivity (Wildman–Crippen MR) is 105 cm³/mol. The molecule has 0 saturated carbocycles. The Hall–Kier alpha value is -2.82. The topological polar surface area (TPSA) is 67.4 Å². The van der Waals surface area contributed by atoms with Crippen LogP contribution in [0.3, 0.4) is 0 Å². The van der Waals surface area contributed by atoms with E-state index in [9.17, 15) is 9.59 Å². The Labute approximate surface area is 154 Å². The van der Waals surface area contributed by atoms with Gasteiger partial charge in [-0.2, -0.15) is 0 Å². The van der Waals surface area contributed by atoms with Crippen molar-refractivity contribution in [3.05, 3.63) is 59.2 Å². The normalized spacial score (nSPS) is 10.3. The summed E-state index contributed by atoms with van der Waals surface area (Å²) in [5, 5.41) is 6.05. The van der Waals surface area contributed by atoms with Gasteiger partial charge in [-0.3, -0.25) is 4.79 Å². The summed E-state index contributed by atoms with van der Waals surface area (Å²) < 4.78 is 5.20. The van der Waals surface area contributed by atoms with Crippen LogP contribution in [0.5, 0.6) is 0 Å². The molecule has 2 aromatic rings. The van der Waals surface area contributed by atoms with Crippen molar-refractivity contribution in [1.82, 2.24) is 0 Å². The van der Waals surface area contributed by atoms with E-state index in [-0.39, 0.29) is 12.5 Å². The first-order valence-corrected chi connectivity index (χ1v) is 8.89. The van der Waals surface area contributed by atoms with Gasteiger partial charge in [0.05, 0.1) is 5.56 Å². The molecule has 26 heavy (non-hydrogen) atoms. The average molecular weight is 354 g/mol. The number of nitrogens with one attached hydrogen (secondary N) is 2. The second kappa shape index (κ2) is 9.61. The second-order valence-corrected chi connectivity index (χ2v) is 6.22. The fraction of sp³-hybridized carbons (Fsp3) is 0.333. The van der Waals surface area contributed by atoms with Crippen molar-refractivity contribution in [2.75, 3.05) is 23.8 Å². The Morgan fingerprint density at radius 3 is 2.38 bits per heavy atom. The minimum atomic E-state index is -0.513. The highest BCUT2D eigenvalue weighted by Crippen LogP contribution is 2.20. The van der Waals surface area contributed by atoms with E-state index in [1.165, 1.54) is 0 Å². The van der Waals surface area contributed by atoms with Crippen LogP contribution in [-0.2, 0) is 9.53 Å². The number of aryl methyl sites for hydroxylation is 2. The van der Waals surface area contributed by atoms with Gasteiger partial charge in [0.15, 0.2) is 6.61 Å². The molecule has 0 unspecified atom stereocenters. The van der Waals surface area contributed by atoms with E-state index >= 15 is 0 Å². The van der Waals surface area contributed by atoms with E-state index in [2.05, 4.69) is 17.6 Å². The number of hydrogen-bond acceptors (Lipinski definition) is 4. The van der Waals surface area contributed by atoms with Crippen LogP contribution in [0, 0.1) is 13.8 Å². The van der Waals surface area contributed by atoms with Crippen molar-refractivity contribution >= 4 is 23.3 Å². The zero-order valence-corrected chi connectivity index (χ0v) is 15.6. The maximum absolute atomic E-state index is 12.3. The number of carbonyl (C=O) groups is 2. The Kier molecular flexibility index (Phi) is 7.21. The fourth-order valence-electron chi connectivity index (χ4n) is 2.61. The number of amides is 1. The molecule has 5 heteroatoms. The predicted octanol–water partition coefficient (Wildman–Crippen LogP) is 4.31. The van der Waals surface area contributed by atoms with Gasteiger partial charge in [-0.1, -0.05) is 43.7 Å². The van der Waals surface area contributed by atoms with E-state index < -0.39 is 5.97 Å². The summed E-state index contributed by atoms with van der Waals surface area (Å²) in [6, 6.07) is 12.9. The molecule has 0 aliphatic carbocycles. The van der Waals surface area contributed by atoms with Gasteiger partial charge in [-0.25, -0.2) is 4.79 Å². The average Bonchev–Trinajstić information content (AvgIpc) is 2.63. The molecule has 5 nitrogen and oxygen atoms in total. The van der Waals surface area contributed by atoms with Crippen molar-refractivity contribution in [1.29, 1.82) is 0 Å². The number of rotatable bonds is 8. The number of esters is 1. The van der Waals surface area contributed by atoms with Gasteiger partial charge >= 0.3 is 5.97 Å². The van der Waals surface area contributed by atoms with Crippen molar-refractivity contribution in [3.63, 3.8) is 0 Å². The van der Waals surface area contributed by atoms with Crippen LogP contribution in [-0.4, -0.2) is 25.0 Å². The monoisotopic (exact) mass is 354 g/mol. The van der Waals surface area contributed by atoms with E-state index in [0.717, 1.165) is 41.9 Å². The lowest BCUT2D eigenvalue weighted by Crippen LogP contribution is -2.22. The Balaban J connectivity index is 1.95. The molecule has 0 bridgehead atoms. The third kappa shape index (κ3) is 5.34. The lowest BCUT2D eigenvalue weighted by Gasteiger charge is -2.13. The third-order valence-corrected chi connectivity index (χ3v) is 4.07. The molecule has 0 heterocycles. The van der Waals surface area contributed by atoms with Crippen molar-refractivity contribution in [3.8, 4) is 0 Å². The third-order valence-electron chi connectivity index (χ3n) is 4.07. The van der Waals surface area contributed by atoms with Crippen molar-refractivity contribution in [2.45, 2.75) is 33.6 Å². The molecule has 0 fully saturated rings. The first-order valence-electron chi connectivity index (χ1n) is 8.89. The number of benzene rings is 2. The first-order chi connectivity index (χ1) is 12.5. The number of para-hydroxylation sites is 2. The van der Waals surface area contributed by atoms with Gasteiger partial charge in [-0.05, 0) is 43.5 Å². The second-order valence-electron chi connectivity index (χ2n) is 6.22. The lowest BCUT2D eigenvalue weighted by molar-refractivity contribution is -0.119. The van der Waals surface area contributed by atoms with Crippen LogP contribution in [0.4, 0.5) is 11.4 Å². The quantitative estimate of drug-likeness (QED) is 0.547. The van der Waals surface area contributed by atoms with Gasteiger partial charge in [0.1, 0.15) is 0 Å². The van der Waals surface area contributed by atoms with Gasteiger partial charge in [0.25, 0.3) is 5.91 Å². The maximum Gasteiger partial charge on any atom is 0.340 e. The molecule has 2 rings (SSSR count). The van der Waals surface area contributed by atoms with Crippen LogP contribution in [0.2, 0.25) is 0 Å². The molecule has 0 radical (unpaired) electrons. The van der Waals surface area contributed by atoms with E-state index in [1.807, 2.05) is 44.2 Å². The Morgan fingerprint density at radius 2 is 1.69 bits per heavy atom. The zero-order valence-electron chi connectivity index (χ0n) is 15.6. The highest BCUT2D eigenvalue weighted by Gasteiger charge is 2.15. The van der Waals surface area contributed by atoms with Crippen LogP contribution in [0.1, 0.15) is 41.3 Å². The first kappa shape index (κ1) is 19.5. The highest BCUT2D eigenvalue weighted by molar-refractivity contribution is 5.99. The smallest absolute Gasteiger partial charge is 0.340 e. The highest BCUT2D eigenvalue weighted by atomic mass is 16.5. The minimum Gasteiger partial charge on any atom is -0.452 e. The summed E-state index contributed by atoms with van der Waals surface area (Å²) in [5.41, 5.74) is 3.85. The molecule has 0 spiro atoms. The largest absolute Gasteiger partial charge is 0.452 e. The standard InChI is InChI=1S/C21H26N2O3/c1-4-5-13-22-18-12-7-6-11-17(18)21(25)26-14-19(24)23-20-15(2)9-8-10-16(20)3/h6-12,22H,4-5,13-14H2,1-3H3,(H,23,24). The fourth-order valence-corrected chi connectivity index (χ4v) is 2.61. The molecule has 0 saturated heterocycles. The molecule has 138 valence electrons. The molecule has 0 aromatic heterocycles. The SMILES string of the molecule is CCCCNc1ccccc1C(=O)OCC(=O)Nc1c(C)cccc1C. The summed E-state index contributed by atoms with van der Waals surface area (Å²) in [6.45, 7) is 6.42. The van der Waals surface area contributed by atoms with Gasteiger partial charge in [0, 0.05) is 17.9 Å². The summed E-state index contributed by atoms with van der Waals surface area (Å²) >= 11 is 0. The molecular weight excluding hydrogens is 328 g/mol. The van der Waals surface area contributed by atoms with E-state index in [1.54, 1.807) is 12.1 Å². The van der Waals surface area contributed by atoms with E-state index in [0.29, 0.717) is 5.56 Å². The summed E-state index contributed by atoms with van der Waals surface area (Å²) in [4.78, 5) is 24.5. The molecule has 1 amide bonds. The molecule has 2 N–H and O–H groups in total. The van der Waals surface area contributed by atoms with Gasteiger partial charge < -0.3 is 15.4 Å². The summed E-state index contributed by atoms with van der Waals surface area (Å²) in [6.07, 6.45) is 2.08. The molecule has 2 aromatic carbocycles. The lowest BCUT2D eigenvalue weighted by atomic mass is 10.1. The van der Waals surface area contributed by atoms with Crippen LogP contribution >= 0.6 is 0 Å². The Bertz CT molecular complexity index is 751. The van der Waals surface area contributed by atoms with Crippen LogP contribution < -0.4 is 10.6 Å². The molecule has 0 atom stereocenters. The molecule has 0 aliphatic rings. The summed E-state index contributed by atoms with van der Waals surface area (Å²) in [5.74, 6) is -0.867. The number of carbonyl (C=O) groups excluding carboxylic acids is 2. The molecule has 0 aliphatic heterocycles. The van der Waals surface area contributed by atoms with E-state index in [4.69, 9.17) is 4.74 Å². The maximum atomic E-state index is 12.3. The number of ether oxygens (including phenoxy) is 1. The summed E-state index contributed by atoms with van der Waals surface area (Å²) in [7, 11) is 0. The van der Waals surface area contributed by atoms with Gasteiger partial charge in [0.2, 0.25) is 0 Å². The number of unbranched alkanes of at least 4 members (excludes halogenated alkanes) is 1. The van der Waals surface area contributed by atoms with Crippen molar-refractivity contribution < 1.29 is 14.3 Å². The molecular formula is C21H26N2O3. The van der Waals surface area contributed by atoms with Crippen LogP contribution in [0.25, 0.3) is 0 Å². The number of anilines is 2.